The molecular formula is C10H21NO2. The zero-order chi connectivity index (χ0) is 10.1. The SMILES string of the molecule is C=CCOCC(O)CN(CC)CC. The third-order valence-corrected chi connectivity index (χ3v) is 1.91. The first kappa shape index (κ1) is 12.6. The van der Waals surface area contributed by atoms with Gasteiger partial charge in [0.1, 0.15) is 0 Å². The highest BCUT2D eigenvalue weighted by Gasteiger charge is 2.07. The Balaban J connectivity index is 3.47. The average molecular weight is 187 g/mol. The second kappa shape index (κ2) is 8.23. The molecule has 0 saturated heterocycles. The van der Waals surface area contributed by atoms with Crippen LogP contribution >= 0.6 is 0 Å². The lowest BCUT2D eigenvalue weighted by molar-refractivity contribution is 0.0282. The monoisotopic (exact) mass is 187 g/mol. The average Bonchev–Trinajstić information content (AvgIpc) is 2.14. The molecule has 1 atom stereocenters. The van der Waals surface area contributed by atoms with E-state index in [9.17, 15) is 5.11 Å². The molecule has 13 heavy (non-hydrogen) atoms. The molecule has 0 fully saturated rings. The summed E-state index contributed by atoms with van der Waals surface area (Å²) >= 11 is 0. The Bertz CT molecular complexity index is 124. The lowest BCUT2D eigenvalue weighted by atomic mass is 10.3. The summed E-state index contributed by atoms with van der Waals surface area (Å²) in [5, 5.41) is 9.51. The molecule has 0 aromatic carbocycles. The lowest BCUT2D eigenvalue weighted by Crippen LogP contribution is -2.34. The predicted octanol–water partition coefficient (Wildman–Crippen LogP) is 0.892. The van der Waals surface area contributed by atoms with Gasteiger partial charge in [0.25, 0.3) is 0 Å². The number of aliphatic hydroxyl groups excluding tert-OH is 1. The predicted molar refractivity (Wildman–Crippen MR) is 54.8 cm³/mol. The highest BCUT2D eigenvalue weighted by atomic mass is 16.5. The number of nitrogens with zero attached hydrogens (tertiary/aromatic N) is 1. The van der Waals surface area contributed by atoms with Gasteiger partial charge in [-0.2, -0.15) is 0 Å². The van der Waals surface area contributed by atoms with Crippen LogP contribution in [-0.4, -0.2) is 49.0 Å². The Morgan fingerprint density at radius 2 is 2.08 bits per heavy atom. The van der Waals surface area contributed by atoms with Gasteiger partial charge in [0.05, 0.1) is 19.3 Å². The smallest absolute Gasteiger partial charge is 0.0900 e. The van der Waals surface area contributed by atoms with Crippen molar-refractivity contribution in [3.8, 4) is 0 Å². The van der Waals surface area contributed by atoms with Gasteiger partial charge < -0.3 is 14.7 Å². The molecule has 0 bridgehead atoms. The van der Waals surface area contributed by atoms with E-state index in [-0.39, 0.29) is 6.10 Å². The highest BCUT2D eigenvalue weighted by molar-refractivity contribution is 4.66. The first-order chi connectivity index (χ1) is 6.24. The molecule has 0 aliphatic heterocycles. The minimum atomic E-state index is -0.389. The summed E-state index contributed by atoms with van der Waals surface area (Å²) in [6, 6.07) is 0. The van der Waals surface area contributed by atoms with E-state index in [4.69, 9.17) is 4.74 Å². The molecule has 1 unspecified atom stereocenters. The zero-order valence-electron chi connectivity index (χ0n) is 8.70. The minimum Gasteiger partial charge on any atom is -0.389 e. The second-order valence-corrected chi connectivity index (χ2v) is 2.97. The van der Waals surface area contributed by atoms with E-state index in [1.165, 1.54) is 0 Å². The number of hydrogen-bond acceptors (Lipinski definition) is 3. The van der Waals surface area contributed by atoms with Gasteiger partial charge in [-0.15, -0.1) is 6.58 Å². The summed E-state index contributed by atoms with van der Waals surface area (Å²) < 4.78 is 5.14. The van der Waals surface area contributed by atoms with E-state index >= 15 is 0 Å². The molecule has 0 aliphatic rings. The molecule has 0 amide bonds. The molecule has 0 heterocycles. The molecule has 1 N–H and O–H groups in total. The minimum absolute atomic E-state index is 0.389. The van der Waals surface area contributed by atoms with Gasteiger partial charge in [-0.05, 0) is 13.1 Å². The third-order valence-electron chi connectivity index (χ3n) is 1.91. The van der Waals surface area contributed by atoms with Crippen LogP contribution in [0.25, 0.3) is 0 Å². The fourth-order valence-corrected chi connectivity index (χ4v) is 1.12. The standard InChI is InChI=1S/C10H21NO2/c1-4-7-13-9-10(12)8-11(5-2)6-3/h4,10,12H,1,5-9H2,2-3H3. The van der Waals surface area contributed by atoms with Crippen molar-refractivity contribution in [2.24, 2.45) is 0 Å². The quantitative estimate of drug-likeness (QED) is 0.452. The van der Waals surface area contributed by atoms with Gasteiger partial charge in [0.2, 0.25) is 0 Å². The summed E-state index contributed by atoms with van der Waals surface area (Å²) in [5.74, 6) is 0. The van der Waals surface area contributed by atoms with Gasteiger partial charge >= 0.3 is 0 Å². The molecule has 0 saturated carbocycles. The topological polar surface area (TPSA) is 32.7 Å². The first-order valence-electron chi connectivity index (χ1n) is 4.83. The third kappa shape index (κ3) is 6.75. The molecule has 0 rings (SSSR count). The van der Waals surface area contributed by atoms with E-state index in [2.05, 4.69) is 25.3 Å². The zero-order valence-corrected chi connectivity index (χ0v) is 8.70. The molecule has 78 valence electrons. The van der Waals surface area contributed by atoms with Crippen molar-refractivity contribution >= 4 is 0 Å². The number of ether oxygens (including phenoxy) is 1. The first-order valence-corrected chi connectivity index (χ1v) is 4.83. The summed E-state index contributed by atoms with van der Waals surface area (Å²) in [6.45, 7) is 11.2. The normalized spacial score (nSPS) is 13.2. The fraction of sp³-hybridized carbons (Fsp3) is 0.800. The summed E-state index contributed by atoms with van der Waals surface area (Å²) in [5.41, 5.74) is 0. The van der Waals surface area contributed by atoms with Crippen molar-refractivity contribution in [3.05, 3.63) is 12.7 Å². The fourth-order valence-electron chi connectivity index (χ4n) is 1.12. The van der Waals surface area contributed by atoms with Gasteiger partial charge in [0, 0.05) is 6.54 Å². The Morgan fingerprint density at radius 1 is 1.46 bits per heavy atom. The molecule has 3 heteroatoms. The van der Waals surface area contributed by atoms with Crippen LogP contribution in [-0.2, 0) is 4.74 Å². The van der Waals surface area contributed by atoms with Crippen molar-refractivity contribution in [2.75, 3.05) is 32.8 Å². The van der Waals surface area contributed by atoms with Crippen molar-refractivity contribution in [1.29, 1.82) is 0 Å². The summed E-state index contributed by atoms with van der Waals surface area (Å²) in [7, 11) is 0. The number of hydrogen-bond donors (Lipinski definition) is 1. The molecule has 0 aromatic rings. The Hall–Kier alpha value is -0.380. The van der Waals surface area contributed by atoms with E-state index in [1.807, 2.05) is 0 Å². The number of likely N-dealkylation sites (N-methyl/N-ethyl adjacent to an activating group) is 1. The number of rotatable bonds is 8. The van der Waals surface area contributed by atoms with E-state index in [0.29, 0.717) is 19.8 Å². The highest BCUT2D eigenvalue weighted by Crippen LogP contribution is 1.93. The Kier molecular flexibility index (Phi) is 7.99. The van der Waals surface area contributed by atoms with Crippen LogP contribution in [0.15, 0.2) is 12.7 Å². The van der Waals surface area contributed by atoms with Crippen LogP contribution in [0.3, 0.4) is 0 Å². The maximum Gasteiger partial charge on any atom is 0.0900 e. The van der Waals surface area contributed by atoms with Crippen molar-refractivity contribution < 1.29 is 9.84 Å². The Morgan fingerprint density at radius 3 is 2.54 bits per heavy atom. The van der Waals surface area contributed by atoms with Crippen LogP contribution in [0.4, 0.5) is 0 Å². The second-order valence-electron chi connectivity index (χ2n) is 2.97. The largest absolute Gasteiger partial charge is 0.389 e. The molecular weight excluding hydrogens is 166 g/mol. The maximum atomic E-state index is 9.51. The molecule has 0 aliphatic carbocycles. The molecule has 0 radical (unpaired) electrons. The van der Waals surface area contributed by atoms with Crippen LogP contribution in [0.2, 0.25) is 0 Å². The van der Waals surface area contributed by atoms with Gasteiger partial charge in [-0.25, -0.2) is 0 Å². The summed E-state index contributed by atoms with van der Waals surface area (Å²) in [4.78, 5) is 2.17. The van der Waals surface area contributed by atoms with Crippen molar-refractivity contribution in [3.63, 3.8) is 0 Å². The van der Waals surface area contributed by atoms with Gasteiger partial charge in [0.15, 0.2) is 0 Å². The Labute approximate surface area is 81.0 Å². The van der Waals surface area contributed by atoms with Crippen molar-refractivity contribution in [1.82, 2.24) is 4.90 Å². The molecule has 0 spiro atoms. The lowest BCUT2D eigenvalue weighted by Gasteiger charge is -2.21. The van der Waals surface area contributed by atoms with Gasteiger partial charge in [-0.3, -0.25) is 0 Å². The molecule has 0 aromatic heterocycles. The van der Waals surface area contributed by atoms with Crippen LogP contribution in [0.5, 0.6) is 0 Å². The van der Waals surface area contributed by atoms with E-state index in [0.717, 1.165) is 13.1 Å². The van der Waals surface area contributed by atoms with E-state index in [1.54, 1.807) is 6.08 Å². The van der Waals surface area contributed by atoms with E-state index < -0.39 is 0 Å². The number of aliphatic hydroxyl groups is 1. The van der Waals surface area contributed by atoms with Crippen molar-refractivity contribution in [2.45, 2.75) is 20.0 Å². The van der Waals surface area contributed by atoms with Gasteiger partial charge in [-0.1, -0.05) is 19.9 Å². The van der Waals surface area contributed by atoms with Crippen LogP contribution < -0.4 is 0 Å². The maximum absolute atomic E-state index is 9.51. The van der Waals surface area contributed by atoms with Crippen LogP contribution in [0.1, 0.15) is 13.8 Å². The van der Waals surface area contributed by atoms with Crippen LogP contribution in [0, 0.1) is 0 Å². The molecule has 3 nitrogen and oxygen atoms in total. The summed E-state index contributed by atoms with van der Waals surface area (Å²) in [6.07, 6.45) is 1.30.